The number of aromatic carboxylic acids is 1. The molecule has 0 saturated heterocycles. The zero-order chi connectivity index (χ0) is 16.1. The molecule has 1 amide bonds. The monoisotopic (exact) mass is 303 g/mol. The van der Waals surface area contributed by atoms with Crippen LogP contribution in [-0.4, -0.2) is 23.1 Å². The van der Waals surface area contributed by atoms with Crippen molar-refractivity contribution in [1.29, 1.82) is 0 Å². The Morgan fingerprint density at radius 2 is 2.09 bits per heavy atom. The van der Waals surface area contributed by atoms with E-state index < -0.39 is 5.97 Å². The van der Waals surface area contributed by atoms with Crippen molar-refractivity contribution in [3.8, 4) is 5.75 Å². The van der Waals surface area contributed by atoms with Gasteiger partial charge in [-0.3, -0.25) is 4.79 Å². The molecule has 2 rings (SSSR count). The summed E-state index contributed by atoms with van der Waals surface area (Å²) in [7, 11) is 0. The molecule has 0 aromatic heterocycles. The van der Waals surface area contributed by atoms with Crippen LogP contribution in [0.3, 0.4) is 0 Å². The van der Waals surface area contributed by atoms with Crippen LogP contribution in [0.2, 0.25) is 0 Å². The van der Waals surface area contributed by atoms with Crippen LogP contribution in [0.5, 0.6) is 5.75 Å². The number of nitrogens with one attached hydrogen (secondary N) is 1. The van der Waals surface area contributed by atoms with Crippen molar-refractivity contribution in [2.45, 2.75) is 39.2 Å². The summed E-state index contributed by atoms with van der Waals surface area (Å²) in [4.78, 5) is 23.5. The largest absolute Gasteiger partial charge is 0.489 e. The van der Waals surface area contributed by atoms with Gasteiger partial charge in [0.05, 0.1) is 17.4 Å². The number of carboxylic acids is 1. The summed E-state index contributed by atoms with van der Waals surface area (Å²) in [5.41, 5.74) is 0.531. The van der Waals surface area contributed by atoms with Crippen LogP contribution in [0, 0.1) is 5.92 Å². The number of carbonyl (C=O) groups is 2. The third-order valence-corrected chi connectivity index (χ3v) is 3.49. The van der Waals surface area contributed by atoms with Gasteiger partial charge in [-0.05, 0) is 51.3 Å². The number of carboxylic acid groups (broad SMARTS) is 1. The smallest absolute Gasteiger partial charge is 0.335 e. The number of hydrogen-bond donors (Lipinski definition) is 2. The minimum atomic E-state index is -1.04. The molecule has 0 spiro atoms. The summed E-state index contributed by atoms with van der Waals surface area (Å²) in [5, 5.41) is 11.9. The molecule has 0 aliphatic heterocycles. The predicted molar refractivity (Wildman–Crippen MR) is 84.3 cm³/mol. The Labute approximate surface area is 130 Å². The Bertz CT molecular complexity index is 592. The summed E-state index contributed by atoms with van der Waals surface area (Å²) in [5.74, 6) is -0.724. The van der Waals surface area contributed by atoms with Gasteiger partial charge in [0.2, 0.25) is 5.91 Å². The minimum Gasteiger partial charge on any atom is -0.489 e. The maximum absolute atomic E-state index is 12.3. The van der Waals surface area contributed by atoms with Crippen LogP contribution < -0.4 is 10.1 Å². The Morgan fingerprint density at radius 1 is 1.32 bits per heavy atom. The van der Waals surface area contributed by atoms with Gasteiger partial charge < -0.3 is 15.2 Å². The van der Waals surface area contributed by atoms with E-state index in [0.29, 0.717) is 17.9 Å². The second-order valence-corrected chi connectivity index (χ2v) is 5.65. The molecule has 0 saturated carbocycles. The van der Waals surface area contributed by atoms with Gasteiger partial charge in [-0.25, -0.2) is 4.79 Å². The molecule has 22 heavy (non-hydrogen) atoms. The molecule has 0 heterocycles. The number of rotatable bonds is 5. The summed E-state index contributed by atoms with van der Waals surface area (Å²) in [6.45, 7) is 3.76. The molecule has 5 heteroatoms. The van der Waals surface area contributed by atoms with Gasteiger partial charge in [-0.1, -0.05) is 12.2 Å². The van der Waals surface area contributed by atoms with E-state index in [4.69, 9.17) is 9.84 Å². The van der Waals surface area contributed by atoms with Gasteiger partial charge in [0.15, 0.2) is 0 Å². The van der Waals surface area contributed by atoms with E-state index in [0.717, 1.165) is 12.8 Å². The van der Waals surface area contributed by atoms with Crippen molar-refractivity contribution in [1.82, 2.24) is 0 Å². The van der Waals surface area contributed by atoms with E-state index >= 15 is 0 Å². The lowest BCUT2D eigenvalue weighted by molar-refractivity contribution is -0.120. The molecular formula is C17H21NO4. The van der Waals surface area contributed by atoms with Gasteiger partial charge in [0.1, 0.15) is 5.75 Å². The first-order chi connectivity index (χ1) is 10.5. The number of amides is 1. The van der Waals surface area contributed by atoms with Crippen LogP contribution >= 0.6 is 0 Å². The highest BCUT2D eigenvalue weighted by Crippen LogP contribution is 2.29. The van der Waals surface area contributed by atoms with Crippen LogP contribution in [0.25, 0.3) is 0 Å². The van der Waals surface area contributed by atoms with Crippen LogP contribution in [0.15, 0.2) is 30.4 Å². The molecule has 1 aromatic carbocycles. The number of carbonyl (C=O) groups excluding carboxylic acids is 1. The zero-order valence-corrected chi connectivity index (χ0v) is 12.8. The molecule has 1 aliphatic rings. The van der Waals surface area contributed by atoms with Crippen LogP contribution in [-0.2, 0) is 4.79 Å². The van der Waals surface area contributed by atoms with Crippen LogP contribution in [0.4, 0.5) is 5.69 Å². The van der Waals surface area contributed by atoms with E-state index in [1.54, 1.807) is 6.07 Å². The maximum Gasteiger partial charge on any atom is 0.335 e. The third-order valence-electron chi connectivity index (χ3n) is 3.49. The van der Waals surface area contributed by atoms with E-state index in [2.05, 4.69) is 11.4 Å². The zero-order valence-electron chi connectivity index (χ0n) is 12.8. The quantitative estimate of drug-likeness (QED) is 0.817. The lowest BCUT2D eigenvalue weighted by Gasteiger charge is -2.20. The first-order valence-corrected chi connectivity index (χ1v) is 7.47. The van der Waals surface area contributed by atoms with E-state index in [1.165, 1.54) is 12.1 Å². The van der Waals surface area contributed by atoms with Crippen molar-refractivity contribution in [3.05, 3.63) is 35.9 Å². The van der Waals surface area contributed by atoms with E-state index in [-0.39, 0.29) is 23.5 Å². The number of ether oxygens (including phenoxy) is 1. The molecule has 1 aliphatic carbocycles. The SMILES string of the molecule is CC(C)Oc1ccc(C(=O)O)cc1NC(=O)C1CC=CCC1. The fourth-order valence-electron chi connectivity index (χ4n) is 2.38. The molecule has 1 unspecified atom stereocenters. The first-order valence-electron chi connectivity index (χ1n) is 7.47. The second-order valence-electron chi connectivity index (χ2n) is 5.65. The second kappa shape index (κ2) is 7.11. The van der Waals surface area contributed by atoms with Crippen molar-refractivity contribution < 1.29 is 19.4 Å². The predicted octanol–water partition coefficient (Wildman–Crippen LogP) is 3.47. The van der Waals surface area contributed by atoms with Gasteiger partial charge in [-0.2, -0.15) is 0 Å². The average Bonchev–Trinajstić information content (AvgIpc) is 2.49. The summed E-state index contributed by atoms with van der Waals surface area (Å²) < 4.78 is 5.65. The number of hydrogen-bond acceptors (Lipinski definition) is 3. The average molecular weight is 303 g/mol. The van der Waals surface area contributed by atoms with Crippen molar-refractivity contribution >= 4 is 17.6 Å². The summed E-state index contributed by atoms with van der Waals surface area (Å²) in [6, 6.07) is 4.50. The topological polar surface area (TPSA) is 75.6 Å². The van der Waals surface area contributed by atoms with E-state index in [9.17, 15) is 9.59 Å². The highest BCUT2D eigenvalue weighted by molar-refractivity contribution is 5.96. The summed E-state index contributed by atoms with van der Waals surface area (Å²) >= 11 is 0. The number of allylic oxidation sites excluding steroid dienone is 2. The fraction of sp³-hybridized carbons (Fsp3) is 0.412. The number of benzene rings is 1. The molecule has 118 valence electrons. The maximum atomic E-state index is 12.3. The Kier molecular flexibility index (Phi) is 5.20. The molecule has 0 fully saturated rings. The van der Waals surface area contributed by atoms with Gasteiger partial charge >= 0.3 is 5.97 Å². The highest BCUT2D eigenvalue weighted by Gasteiger charge is 2.21. The van der Waals surface area contributed by atoms with Crippen molar-refractivity contribution in [2.75, 3.05) is 5.32 Å². The molecule has 1 atom stereocenters. The molecular weight excluding hydrogens is 282 g/mol. The Hall–Kier alpha value is -2.30. The molecule has 0 bridgehead atoms. The molecule has 2 N–H and O–H groups in total. The van der Waals surface area contributed by atoms with Gasteiger partial charge in [-0.15, -0.1) is 0 Å². The van der Waals surface area contributed by atoms with Gasteiger partial charge in [0, 0.05) is 5.92 Å². The fourth-order valence-corrected chi connectivity index (χ4v) is 2.38. The molecule has 1 aromatic rings. The van der Waals surface area contributed by atoms with E-state index in [1.807, 2.05) is 19.9 Å². The van der Waals surface area contributed by atoms with Gasteiger partial charge in [0.25, 0.3) is 0 Å². The van der Waals surface area contributed by atoms with Crippen molar-refractivity contribution in [3.63, 3.8) is 0 Å². The molecule has 5 nitrogen and oxygen atoms in total. The Morgan fingerprint density at radius 3 is 2.68 bits per heavy atom. The first kappa shape index (κ1) is 16.1. The molecule has 0 radical (unpaired) electrons. The normalized spacial score (nSPS) is 17.3. The Balaban J connectivity index is 2.21. The third kappa shape index (κ3) is 4.10. The minimum absolute atomic E-state index is 0.0658. The van der Waals surface area contributed by atoms with Crippen molar-refractivity contribution in [2.24, 2.45) is 5.92 Å². The lowest BCUT2D eigenvalue weighted by Crippen LogP contribution is -2.24. The summed E-state index contributed by atoms with van der Waals surface area (Å²) in [6.07, 6.45) is 6.42. The lowest BCUT2D eigenvalue weighted by atomic mass is 9.93. The van der Waals surface area contributed by atoms with Crippen LogP contribution in [0.1, 0.15) is 43.5 Å². The number of anilines is 1. The standard InChI is InChI=1S/C17H21NO4/c1-11(2)22-15-9-8-13(17(20)21)10-14(15)18-16(19)12-6-4-3-5-7-12/h3-4,8-12H,5-7H2,1-2H3,(H,18,19)(H,20,21). The highest BCUT2D eigenvalue weighted by atomic mass is 16.5.